The van der Waals surface area contributed by atoms with Crippen molar-refractivity contribution in [1.29, 1.82) is 0 Å². The summed E-state index contributed by atoms with van der Waals surface area (Å²) in [5.41, 5.74) is 2.40. The SMILES string of the molecule is COc1ccc(-c2nc(C)c(C(C)C(=O)O)c(C)n2)nn1. The van der Waals surface area contributed by atoms with E-state index in [0.29, 0.717) is 34.3 Å². The summed E-state index contributed by atoms with van der Waals surface area (Å²) in [7, 11) is 1.51. The first kappa shape index (κ1) is 14.8. The normalized spacial score (nSPS) is 12.0. The van der Waals surface area contributed by atoms with Crippen LogP contribution in [0.5, 0.6) is 5.88 Å². The van der Waals surface area contributed by atoms with Crippen LogP contribution in [0.4, 0.5) is 0 Å². The van der Waals surface area contributed by atoms with Crippen LogP contribution in [-0.4, -0.2) is 38.4 Å². The molecule has 0 saturated carbocycles. The molecule has 0 fully saturated rings. The van der Waals surface area contributed by atoms with Crippen molar-refractivity contribution in [3.05, 3.63) is 29.1 Å². The minimum atomic E-state index is -0.901. The van der Waals surface area contributed by atoms with Crippen molar-refractivity contribution in [2.45, 2.75) is 26.7 Å². The zero-order valence-electron chi connectivity index (χ0n) is 12.3. The van der Waals surface area contributed by atoms with Gasteiger partial charge in [0.25, 0.3) is 0 Å². The van der Waals surface area contributed by atoms with Crippen LogP contribution in [0.3, 0.4) is 0 Å². The minimum absolute atomic E-state index is 0.406. The van der Waals surface area contributed by atoms with Gasteiger partial charge in [-0.15, -0.1) is 10.2 Å². The van der Waals surface area contributed by atoms with E-state index in [-0.39, 0.29) is 0 Å². The second-order valence-electron chi connectivity index (χ2n) is 4.65. The molecule has 0 aromatic carbocycles. The van der Waals surface area contributed by atoms with Crippen molar-refractivity contribution in [1.82, 2.24) is 20.2 Å². The maximum Gasteiger partial charge on any atom is 0.310 e. The highest BCUT2D eigenvalue weighted by molar-refractivity contribution is 5.76. The lowest BCUT2D eigenvalue weighted by Gasteiger charge is -2.13. The quantitative estimate of drug-likeness (QED) is 0.915. The zero-order chi connectivity index (χ0) is 15.6. The Morgan fingerprint density at radius 2 is 1.81 bits per heavy atom. The van der Waals surface area contributed by atoms with E-state index in [2.05, 4.69) is 20.2 Å². The Morgan fingerprint density at radius 1 is 1.19 bits per heavy atom. The molecular formula is C14H16N4O3. The number of aromatic nitrogens is 4. The third-order valence-electron chi connectivity index (χ3n) is 3.21. The van der Waals surface area contributed by atoms with Crippen LogP contribution in [0, 0.1) is 13.8 Å². The van der Waals surface area contributed by atoms with E-state index >= 15 is 0 Å². The van der Waals surface area contributed by atoms with Crippen LogP contribution in [0.15, 0.2) is 12.1 Å². The summed E-state index contributed by atoms with van der Waals surface area (Å²) in [5.74, 6) is -0.729. The molecule has 0 aliphatic heterocycles. The number of carboxylic acids is 1. The van der Waals surface area contributed by atoms with Crippen LogP contribution >= 0.6 is 0 Å². The second kappa shape index (κ2) is 5.82. The van der Waals surface area contributed by atoms with E-state index < -0.39 is 11.9 Å². The first-order valence-corrected chi connectivity index (χ1v) is 6.40. The molecule has 2 heterocycles. The van der Waals surface area contributed by atoms with Gasteiger partial charge in [-0.2, -0.15) is 0 Å². The molecule has 0 radical (unpaired) electrons. The third kappa shape index (κ3) is 2.96. The van der Waals surface area contributed by atoms with Crippen molar-refractivity contribution in [3.8, 4) is 17.4 Å². The summed E-state index contributed by atoms with van der Waals surface area (Å²) in [6.07, 6.45) is 0. The number of aryl methyl sites for hydroxylation is 2. The molecule has 1 unspecified atom stereocenters. The van der Waals surface area contributed by atoms with E-state index in [9.17, 15) is 4.79 Å². The number of nitrogens with zero attached hydrogens (tertiary/aromatic N) is 4. The lowest BCUT2D eigenvalue weighted by Crippen LogP contribution is -2.13. The molecule has 1 N–H and O–H groups in total. The number of rotatable bonds is 4. The van der Waals surface area contributed by atoms with Crippen molar-refractivity contribution in [2.75, 3.05) is 7.11 Å². The molecule has 0 spiro atoms. The van der Waals surface area contributed by atoms with Crippen molar-refractivity contribution >= 4 is 5.97 Å². The largest absolute Gasteiger partial charge is 0.481 e. The second-order valence-corrected chi connectivity index (χ2v) is 4.65. The van der Waals surface area contributed by atoms with Gasteiger partial charge in [0.05, 0.1) is 13.0 Å². The molecule has 2 aromatic heterocycles. The fraction of sp³-hybridized carbons (Fsp3) is 0.357. The number of hydrogen-bond acceptors (Lipinski definition) is 6. The van der Waals surface area contributed by atoms with Gasteiger partial charge in [-0.05, 0) is 26.8 Å². The van der Waals surface area contributed by atoms with Crippen LogP contribution in [-0.2, 0) is 4.79 Å². The molecule has 0 aliphatic rings. The summed E-state index contributed by atoms with van der Waals surface area (Å²) in [5, 5.41) is 17.0. The number of carboxylic acid groups (broad SMARTS) is 1. The predicted molar refractivity (Wildman–Crippen MR) is 75.1 cm³/mol. The minimum Gasteiger partial charge on any atom is -0.481 e. The molecule has 1 atom stereocenters. The highest BCUT2D eigenvalue weighted by atomic mass is 16.5. The Labute approximate surface area is 122 Å². The summed E-state index contributed by atoms with van der Waals surface area (Å²) in [6, 6.07) is 3.38. The average molecular weight is 288 g/mol. The molecule has 2 rings (SSSR count). The molecule has 0 aliphatic carbocycles. The molecule has 7 heteroatoms. The first-order valence-electron chi connectivity index (χ1n) is 6.40. The maximum absolute atomic E-state index is 11.1. The van der Waals surface area contributed by atoms with Crippen LogP contribution in [0.2, 0.25) is 0 Å². The van der Waals surface area contributed by atoms with Gasteiger partial charge < -0.3 is 9.84 Å². The maximum atomic E-state index is 11.1. The van der Waals surface area contributed by atoms with Gasteiger partial charge in [0.1, 0.15) is 5.69 Å². The highest BCUT2D eigenvalue weighted by Crippen LogP contribution is 2.24. The smallest absolute Gasteiger partial charge is 0.310 e. The van der Waals surface area contributed by atoms with Crippen LogP contribution in [0.1, 0.15) is 29.8 Å². The molecular weight excluding hydrogens is 272 g/mol. The van der Waals surface area contributed by atoms with Crippen molar-refractivity contribution < 1.29 is 14.6 Å². The Kier molecular flexibility index (Phi) is 4.11. The summed E-state index contributed by atoms with van der Waals surface area (Å²) < 4.78 is 4.95. The molecule has 110 valence electrons. The Bertz CT molecular complexity index is 647. The summed E-state index contributed by atoms with van der Waals surface area (Å²) in [4.78, 5) is 19.8. The van der Waals surface area contributed by atoms with Gasteiger partial charge in [-0.1, -0.05) is 0 Å². The van der Waals surface area contributed by atoms with E-state index in [1.54, 1.807) is 32.9 Å². The van der Waals surface area contributed by atoms with Gasteiger partial charge in [0.2, 0.25) is 5.88 Å². The summed E-state index contributed by atoms with van der Waals surface area (Å²) in [6.45, 7) is 5.15. The van der Waals surface area contributed by atoms with Crippen molar-refractivity contribution in [3.63, 3.8) is 0 Å². The molecule has 7 nitrogen and oxygen atoms in total. The van der Waals surface area contributed by atoms with E-state index in [1.807, 2.05) is 0 Å². The van der Waals surface area contributed by atoms with Crippen LogP contribution in [0.25, 0.3) is 11.5 Å². The standard InChI is InChI=1S/C14H16N4O3/c1-7(14(19)20)12-8(2)15-13(16-9(12)3)10-5-6-11(21-4)18-17-10/h5-7H,1-4H3,(H,19,20). The fourth-order valence-electron chi connectivity index (χ4n) is 2.14. The first-order chi connectivity index (χ1) is 9.93. The third-order valence-corrected chi connectivity index (χ3v) is 3.21. The highest BCUT2D eigenvalue weighted by Gasteiger charge is 2.21. The average Bonchev–Trinajstić information content (AvgIpc) is 2.46. The molecule has 21 heavy (non-hydrogen) atoms. The molecule has 2 aromatic rings. The van der Waals surface area contributed by atoms with Gasteiger partial charge in [-0.3, -0.25) is 4.79 Å². The van der Waals surface area contributed by atoms with Gasteiger partial charge >= 0.3 is 5.97 Å². The number of ether oxygens (including phenoxy) is 1. The fourth-order valence-corrected chi connectivity index (χ4v) is 2.14. The van der Waals surface area contributed by atoms with E-state index in [1.165, 1.54) is 7.11 Å². The Morgan fingerprint density at radius 3 is 2.24 bits per heavy atom. The number of methoxy groups -OCH3 is 1. The van der Waals surface area contributed by atoms with Gasteiger partial charge in [0, 0.05) is 23.0 Å². The zero-order valence-corrected chi connectivity index (χ0v) is 12.3. The molecule has 0 bridgehead atoms. The van der Waals surface area contributed by atoms with E-state index in [0.717, 1.165) is 0 Å². The van der Waals surface area contributed by atoms with Crippen molar-refractivity contribution in [2.24, 2.45) is 0 Å². The topological polar surface area (TPSA) is 98.1 Å². The van der Waals surface area contributed by atoms with Gasteiger partial charge in [-0.25, -0.2) is 9.97 Å². The monoisotopic (exact) mass is 288 g/mol. The Balaban J connectivity index is 2.45. The van der Waals surface area contributed by atoms with Gasteiger partial charge in [0.15, 0.2) is 5.82 Å². The van der Waals surface area contributed by atoms with Crippen LogP contribution < -0.4 is 4.74 Å². The Hall–Kier alpha value is -2.57. The molecule has 0 saturated heterocycles. The lowest BCUT2D eigenvalue weighted by molar-refractivity contribution is -0.138. The predicted octanol–water partition coefficient (Wildman–Crippen LogP) is 1.75. The number of carbonyl (C=O) groups is 1. The number of aliphatic carboxylic acids is 1. The number of hydrogen-bond donors (Lipinski definition) is 1. The summed E-state index contributed by atoms with van der Waals surface area (Å²) >= 11 is 0. The molecule has 0 amide bonds. The lowest BCUT2D eigenvalue weighted by atomic mass is 9.98. The van der Waals surface area contributed by atoms with E-state index in [4.69, 9.17) is 9.84 Å².